The quantitative estimate of drug-likeness (QED) is 0.570. The van der Waals surface area contributed by atoms with Crippen LogP contribution in [0, 0.1) is 0 Å². The maximum Gasteiger partial charge on any atom is 0.200 e. The Hall–Kier alpha value is -2.83. The predicted molar refractivity (Wildman–Crippen MR) is 151 cm³/mol. The number of morpholine rings is 2. The largest absolute Gasteiger partial charge is 1.00 e. The molecule has 3 heterocycles. The van der Waals surface area contributed by atoms with Gasteiger partial charge in [-0.15, -0.1) is 0 Å². The number of nitrogens with zero attached hydrogens (tertiary/aromatic N) is 2. The number of rotatable bonds is 3. The summed E-state index contributed by atoms with van der Waals surface area (Å²) < 4.78 is 13.4. The van der Waals surface area contributed by atoms with Crippen molar-refractivity contribution in [3.63, 3.8) is 0 Å². The lowest BCUT2D eigenvalue weighted by atomic mass is 10.0. The zero-order valence-corrected chi connectivity index (χ0v) is 22.4. The summed E-state index contributed by atoms with van der Waals surface area (Å²) in [5.41, 5.74) is 7.52. The fraction of sp³-hybridized carbons (Fsp3) is 0.258. The van der Waals surface area contributed by atoms with Crippen LogP contribution in [0.4, 0.5) is 5.69 Å². The van der Waals surface area contributed by atoms with Crippen LogP contribution in [0.1, 0.15) is 11.1 Å². The molecule has 1 aliphatic carbocycles. The van der Waals surface area contributed by atoms with Crippen LogP contribution in [0.15, 0.2) is 102 Å². The van der Waals surface area contributed by atoms with Crippen LogP contribution in [0.5, 0.6) is 0 Å². The highest BCUT2D eigenvalue weighted by Crippen LogP contribution is 2.44. The number of ether oxygens (including phenoxy) is 2. The Labute approximate surface area is 229 Å². The second-order valence-corrected chi connectivity index (χ2v) is 10.3. The summed E-state index contributed by atoms with van der Waals surface area (Å²) in [6.07, 6.45) is 13.7. The van der Waals surface area contributed by atoms with Gasteiger partial charge < -0.3 is 26.8 Å². The maximum atomic E-state index is 5.52. The molecule has 0 unspecified atom stereocenters. The molecule has 2 fully saturated rings. The van der Waals surface area contributed by atoms with Crippen molar-refractivity contribution in [3.8, 4) is 0 Å². The van der Waals surface area contributed by atoms with Gasteiger partial charge in [-0.25, -0.2) is 4.58 Å². The lowest BCUT2D eigenvalue weighted by molar-refractivity contribution is -0.547. The maximum absolute atomic E-state index is 5.52. The number of halogens is 1. The molecule has 4 aliphatic rings. The van der Waals surface area contributed by atoms with Crippen molar-refractivity contribution < 1.29 is 26.5 Å². The van der Waals surface area contributed by atoms with Crippen molar-refractivity contribution in [3.05, 3.63) is 113 Å². The fourth-order valence-corrected chi connectivity index (χ4v) is 6.02. The molecule has 0 atom stereocenters. The molecular weight excluding hydrogens is 500 g/mol. The number of hydrogen-bond donors (Lipinski definition) is 0. The Kier molecular flexibility index (Phi) is 8.47. The number of hydrogen-bond acceptors (Lipinski definition) is 4. The second-order valence-electron chi connectivity index (χ2n) is 9.23. The van der Waals surface area contributed by atoms with Crippen LogP contribution in [0.25, 0.3) is 10.5 Å². The average Bonchev–Trinajstić information content (AvgIpc) is 2.98. The summed E-state index contributed by atoms with van der Waals surface area (Å²) in [5.74, 6) is 0. The standard InChI is InChI=1S/C31H31N2O2S.ClH/c1-2-4-25(5-3-1)30-22-27(24-6-10-28(11-7-24)32-14-18-34-19-15-32)23-31(36-30)26-8-12-29(13-9-26)33-16-20-35-21-17-33;/h1-13,22-23H,14-21H2;1H/q+1;/p-1. The molecular formula is C31H31ClN2O2S. The highest BCUT2D eigenvalue weighted by atomic mass is 35.5. The van der Waals surface area contributed by atoms with Crippen LogP contribution in [-0.2, 0) is 9.47 Å². The number of allylic oxidation sites excluding steroid dienone is 8. The zero-order chi connectivity index (χ0) is 24.2. The van der Waals surface area contributed by atoms with Gasteiger partial charge in [-0.2, -0.15) is 0 Å². The second kappa shape index (κ2) is 12.1. The Morgan fingerprint density at radius 1 is 0.703 bits per heavy atom. The lowest BCUT2D eigenvalue weighted by Gasteiger charge is -2.29. The third kappa shape index (κ3) is 6.02. The molecule has 0 amide bonds. The Morgan fingerprint density at radius 2 is 1.38 bits per heavy atom. The molecule has 2 aromatic carbocycles. The van der Waals surface area contributed by atoms with E-state index in [-0.39, 0.29) is 12.4 Å². The summed E-state index contributed by atoms with van der Waals surface area (Å²) >= 11 is 1.85. The minimum Gasteiger partial charge on any atom is -1.00 e. The van der Waals surface area contributed by atoms with Crippen molar-refractivity contribution in [2.45, 2.75) is 0 Å². The first-order chi connectivity index (χ1) is 17.8. The third-order valence-electron chi connectivity index (χ3n) is 6.96. The topological polar surface area (TPSA) is 24.7 Å². The van der Waals surface area contributed by atoms with Gasteiger partial charge in [-0.3, -0.25) is 0 Å². The van der Waals surface area contributed by atoms with E-state index in [0.29, 0.717) is 0 Å². The van der Waals surface area contributed by atoms with Gasteiger partial charge in [0.1, 0.15) is 13.2 Å². The minimum atomic E-state index is 0. The average molecular weight is 531 g/mol. The van der Waals surface area contributed by atoms with Crippen molar-refractivity contribution in [1.29, 1.82) is 0 Å². The van der Waals surface area contributed by atoms with Gasteiger partial charge in [0, 0.05) is 40.7 Å². The first-order valence-corrected chi connectivity index (χ1v) is 13.5. The number of thioether (sulfide) groups is 1. The Morgan fingerprint density at radius 3 is 2.08 bits per heavy atom. The van der Waals surface area contributed by atoms with Gasteiger partial charge in [-0.1, -0.05) is 54.2 Å². The van der Waals surface area contributed by atoms with Gasteiger partial charge in [0.25, 0.3) is 0 Å². The SMILES string of the molecule is C1=CC(=[N+]2CCOCC2)C=CC1=C1C=C(c2ccc(N3CCOCC3)cc2)C=C(c2ccccc2)S1.[Cl-]. The molecule has 0 N–H and O–H groups in total. The van der Waals surface area contributed by atoms with E-state index in [1.54, 1.807) is 0 Å². The molecule has 4 nitrogen and oxygen atoms in total. The Balaban J connectivity index is 0.00000280. The summed E-state index contributed by atoms with van der Waals surface area (Å²) in [7, 11) is 0. The van der Waals surface area contributed by atoms with Gasteiger partial charge in [-0.05, 0) is 58.7 Å². The number of anilines is 1. The predicted octanol–water partition coefficient (Wildman–Crippen LogP) is 2.56. The van der Waals surface area contributed by atoms with Crippen molar-refractivity contribution >= 4 is 33.6 Å². The first-order valence-electron chi connectivity index (χ1n) is 12.7. The molecule has 37 heavy (non-hydrogen) atoms. The van der Waals surface area contributed by atoms with Crippen LogP contribution in [-0.4, -0.2) is 62.9 Å². The summed E-state index contributed by atoms with van der Waals surface area (Å²) in [6, 6.07) is 19.7. The molecule has 2 saturated heterocycles. The molecule has 3 aliphatic heterocycles. The summed E-state index contributed by atoms with van der Waals surface area (Å²) in [6.45, 7) is 7.02. The molecule has 0 radical (unpaired) electrons. The molecule has 0 saturated carbocycles. The highest BCUT2D eigenvalue weighted by molar-refractivity contribution is 8.12. The third-order valence-corrected chi connectivity index (χ3v) is 8.10. The lowest BCUT2D eigenvalue weighted by Crippen LogP contribution is -3.00. The summed E-state index contributed by atoms with van der Waals surface area (Å²) in [5, 5.41) is 0. The van der Waals surface area contributed by atoms with E-state index in [1.165, 1.54) is 43.5 Å². The fourth-order valence-electron chi connectivity index (χ4n) is 4.90. The highest BCUT2D eigenvalue weighted by Gasteiger charge is 2.20. The smallest absolute Gasteiger partial charge is 0.200 e. The van der Waals surface area contributed by atoms with Crippen molar-refractivity contribution in [1.82, 2.24) is 0 Å². The minimum absolute atomic E-state index is 0. The van der Waals surface area contributed by atoms with E-state index in [1.807, 2.05) is 11.8 Å². The van der Waals surface area contributed by atoms with E-state index in [2.05, 4.69) is 101 Å². The van der Waals surface area contributed by atoms with Crippen molar-refractivity contribution in [2.75, 3.05) is 57.5 Å². The van der Waals surface area contributed by atoms with Crippen LogP contribution in [0.2, 0.25) is 0 Å². The molecule has 0 aromatic heterocycles. The first kappa shape index (κ1) is 25.8. The molecule has 6 rings (SSSR count). The Bertz CT molecular complexity index is 1270. The zero-order valence-electron chi connectivity index (χ0n) is 20.8. The van der Waals surface area contributed by atoms with E-state index in [9.17, 15) is 0 Å². The van der Waals surface area contributed by atoms with E-state index in [0.717, 1.165) is 52.6 Å². The van der Waals surface area contributed by atoms with Gasteiger partial charge in [0.15, 0.2) is 18.8 Å². The van der Waals surface area contributed by atoms with Crippen LogP contribution < -0.4 is 17.3 Å². The molecule has 0 bridgehead atoms. The van der Waals surface area contributed by atoms with Gasteiger partial charge >= 0.3 is 0 Å². The normalized spacial score (nSPS) is 19.9. The molecule has 190 valence electrons. The number of benzene rings is 2. The van der Waals surface area contributed by atoms with E-state index in [4.69, 9.17) is 9.47 Å². The van der Waals surface area contributed by atoms with E-state index >= 15 is 0 Å². The molecule has 0 spiro atoms. The molecule has 6 heteroatoms. The van der Waals surface area contributed by atoms with E-state index < -0.39 is 0 Å². The molecule has 2 aromatic rings. The van der Waals surface area contributed by atoms with Crippen LogP contribution in [0.3, 0.4) is 0 Å². The van der Waals surface area contributed by atoms with Crippen LogP contribution >= 0.6 is 11.8 Å². The summed E-state index contributed by atoms with van der Waals surface area (Å²) in [4.78, 5) is 4.95. The van der Waals surface area contributed by atoms with Crippen molar-refractivity contribution in [2.24, 2.45) is 0 Å². The van der Waals surface area contributed by atoms with Gasteiger partial charge in [0.05, 0.1) is 13.2 Å². The monoisotopic (exact) mass is 530 g/mol. The van der Waals surface area contributed by atoms with Gasteiger partial charge in [0.2, 0.25) is 0 Å².